The summed E-state index contributed by atoms with van der Waals surface area (Å²) >= 11 is 0. The highest BCUT2D eigenvalue weighted by molar-refractivity contribution is 5.49. The minimum Gasteiger partial charge on any atom is -0.375 e. The molecule has 1 fully saturated rings. The van der Waals surface area contributed by atoms with Gasteiger partial charge in [-0.15, -0.1) is 0 Å². The third-order valence-corrected chi connectivity index (χ3v) is 4.71. The average molecular weight is 263 g/mol. The molecule has 2 aromatic carbocycles. The van der Waals surface area contributed by atoms with Gasteiger partial charge in [0.05, 0.1) is 5.41 Å². The van der Waals surface area contributed by atoms with Gasteiger partial charge in [0.15, 0.2) is 0 Å². The van der Waals surface area contributed by atoms with Crippen LogP contribution in [0.1, 0.15) is 24.5 Å². The second kappa shape index (κ2) is 4.82. The summed E-state index contributed by atoms with van der Waals surface area (Å²) in [7, 11) is 2.15. The molecule has 1 atom stereocenters. The van der Waals surface area contributed by atoms with E-state index in [0.717, 1.165) is 6.42 Å². The Bertz CT molecular complexity index is 561. The number of benzene rings is 2. The van der Waals surface area contributed by atoms with Gasteiger partial charge >= 0.3 is 0 Å². The molecule has 102 valence electrons. The van der Waals surface area contributed by atoms with Crippen molar-refractivity contribution in [3.8, 4) is 0 Å². The number of likely N-dealkylation sites (N-methyl/N-ethyl adjacent to an activating group) is 1. The topological polar surface area (TPSA) is 3.24 Å². The minimum atomic E-state index is -0.0866. The lowest BCUT2D eigenvalue weighted by Gasteiger charge is -2.32. The first kappa shape index (κ1) is 13.0. The zero-order chi connectivity index (χ0) is 14.2. The molecule has 0 bridgehead atoms. The Morgan fingerprint density at radius 2 is 1.40 bits per heavy atom. The summed E-state index contributed by atoms with van der Waals surface area (Å²) < 4.78 is 0. The molecule has 3 rings (SSSR count). The van der Waals surface area contributed by atoms with Crippen LogP contribution in [-0.2, 0) is 5.41 Å². The van der Waals surface area contributed by atoms with Gasteiger partial charge in [-0.1, -0.05) is 67.2 Å². The molecule has 0 aliphatic carbocycles. The van der Waals surface area contributed by atoms with E-state index in [2.05, 4.69) is 86.1 Å². The molecule has 0 radical (unpaired) electrons. The maximum Gasteiger partial charge on any atom is 0.0613 e. The Morgan fingerprint density at radius 3 is 1.75 bits per heavy atom. The number of rotatable bonds is 2. The first-order valence-electron chi connectivity index (χ1n) is 7.19. The first-order valence-corrected chi connectivity index (χ1v) is 7.19. The second-order valence-electron chi connectivity index (χ2n) is 5.75. The van der Waals surface area contributed by atoms with Crippen LogP contribution in [0.3, 0.4) is 0 Å². The Kier molecular flexibility index (Phi) is 3.13. The Hall–Kier alpha value is -2.02. The van der Waals surface area contributed by atoms with Gasteiger partial charge in [-0.25, -0.2) is 0 Å². The van der Waals surface area contributed by atoms with Crippen LogP contribution in [0.25, 0.3) is 0 Å². The highest BCUT2D eigenvalue weighted by atomic mass is 15.2. The molecule has 0 amide bonds. The van der Waals surface area contributed by atoms with Gasteiger partial charge < -0.3 is 4.90 Å². The number of allylic oxidation sites excluding steroid dienone is 1. The van der Waals surface area contributed by atoms with Crippen LogP contribution in [-0.4, -0.2) is 18.0 Å². The molecule has 0 saturated carbocycles. The van der Waals surface area contributed by atoms with Crippen molar-refractivity contribution in [1.82, 2.24) is 4.90 Å². The SMILES string of the molecule is C=C1N(C)[C@H](C)CC1(c1ccccc1)c1ccccc1. The van der Waals surface area contributed by atoms with Crippen molar-refractivity contribution in [3.05, 3.63) is 84.1 Å². The van der Waals surface area contributed by atoms with Crippen molar-refractivity contribution in [2.45, 2.75) is 24.8 Å². The zero-order valence-corrected chi connectivity index (χ0v) is 12.2. The van der Waals surface area contributed by atoms with E-state index in [0.29, 0.717) is 6.04 Å². The molecular formula is C19H21N. The molecule has 0 N–H and O–H groups in total. The van der Waals surface area contributed by atoms with Crippen LogP contribution in [0, 0.1) is 0 Å². The van der Waals surface area contributed by atoms with Gasteiger partial charge in [0.25, 0.3) is 0 Å². The summed E-state index contributed by atoms with van der Waals surface area (Å²) in [4.78, 5) is 2.32. The first-order chi connectivity index (χ1) is 9.66. The fourth-order valence-electron chi connectivity index (χ4n) is 3.45. The largest absolute Gasteiger partial charge is 0.375 e. The summed E-state index contributed by atoms with van der Waals surface area (Å²) in [6.45, 7) is 6.69. The van der Waals surface area contributed by atoms with E-state index in [-0.39, 0.29) is 5.41 Å². The molecule has 1 heteroatoms. The molecule has 20 heavy (non-hydrogen) atoms. The van der Waals surface area contributed by atoms with E-state index in [1.165, 1.54) is 16.8 Å². The van der Waals surface area contributed by atoms with Crippen LogP contribution in [0.15, 0.2) is 72.9 Å². The third-order valence-electron chi connectivity index (χ3n) is 4.71. The Labute approximate surface area is 121 Å². The van der Waals surface area contributed by atoms with Crippen LogP contribution in [0.4, 0.5) is 0 Å². The second-order valence-corrected chi connectivity index (χ2v) is 5.75. The van der Waals surface area contributed by atoms with Crippen LogP contribution < -0.4 is 0 Å². The van der Waals surface area contributed by atoms with Crippen molar-refractivity contribution < 1.29 is 0 Å². The van der Waals surface area contributed by atoms with Crippen LogP contribution in [0.5, 0.6) is 0 Å². The monoisotopic (exact) mass is 263 g/mol. The molecule has 2 aromatic rings. The van der Waals surface area contributed by atoms with Gasteiger partial charge in [0, 0.05) is 18.8 Å². The number of hydrogen-bond acceptors (Lipinski definition) is 1. The third kappa shape index (κ3) is 1.77. The van der Waals surface area contributed by atoms with Gasteiger partial charge in [0.1, 0.15) is 0 Å². The predicted molar refractivity (Wildman–Crippen MR) is 84.6 cm³/mol. The van der Waals surface area contributed by atoms with Crippen molar-refractivity contribution in [3.63, 3.8) is 0 Å². The lowest BCUT2D eigenvalue weighted by atomic mass is 9.71. The minimum absolute atomic E-state index is 0.0866. The van der Waals surface area contributed by atoms with Crippen molar-refractivity contribution >= 4 is 0 Å². The summed E-state index contributed by atoms with van der Waals surface area (Å²) in [5.74, 6) is 0. The fraction of sp³-hybridized carbons (Fsp3) is 0.263. The normalized spacial score (nSPS) is 21.2. The Morgan fingerprint density at radius 1 is 0.950 bits per heavy atom. The molecule has 1 heterocycles. The summed E-state index contributed by atoms with van der Waals surface area (Å²) in [5, 5.41) is 0. The highest BCUT2D eigenvalue weighted by Gasteiger charge is 2.46. The number of likely N-dealkylation sites (tertiary alicyclic amines) is 1. The molecule has 0 spiro atoms. The van der Waals surface area contributed by atoms with Gasteiger partial charge in [-0.2, -0.15) is 0 Å². The van der Waals surface area contributed by atoms with Gasteiger partial charge in [0.2, 0.25) is 0 Å². The van der Waals surface area contributed by atoms with Crippen LogP contribution in [0.2, 0.25) is 0 Å². The smallest absolute Gasteiger partial charge is 0.0613 e. The Balaban J connectivity index is 2.22. The maximum absolute atomic E-state index is 4.42. The lowest BCUT2D eigenvalue weighted by Crippen LogP contribution is -2.28. The average Bonchev–Trinajstić information content (AvgIpc) is 2.74. The number of hydrogen-bond donors (Lipinski definition) is 0. The predicted octanol–water partition coefficient (Wildman–Crippen LogP) is 4.21. The molecule has 1 nitrogen and oxygen atoms in total. The lowest BCUT2D eigenvalue weighted by molar-refractivity contribution is 0.377. The highest BCUT2D eigenvalue weighted by Crippen LogP contribution is 2.49. The molecule has 1 aliphatic rings. The molecule has 1 aliphatic heterocycles. The van der Waals surface area contributed by atoms with E-state index in [4.69, 9.17) is 0 Å². The van der Waals surface area contributed by atoms with Crippen molar-refractivity contribution in [2.75, 3.05) is 7.05 Å². The van der Waals surface area contributed by atoms with E-state index in [1.807, 2.05) is 0 Å². The molecular weight excluding hydrogens is 242 g/mol. The zero-order valence-electron chi connectivity index (χ0n) is 12.2. The summed E-state index contributed by atoms with van der Waals surface area (Å²) in [5.41, 5.74) is 3.79. The molecule has 0 aromatic heterocycles. The molecule has 0 unspecified atom stereocenters. The van der Waals surface area contributed by atoms with E-state index < -0.39 is 0 Å². The van der Waals surface area contributed by atoms with Crippen molar-refractivity contribution in [2.24, 2.45) is 0 Å². The quantitative estimate of drug-likeness (QED) is 0.784. The van der Waals surface area contributed by atoms with E-state index in [9.17, 15) is 0 Å². The number of nitrogens with zero attached hydrogens (tertiary/aromatic N) is 1. The maximum atomic E-state index is 4.42. The summed E-state index contributed by atoms with van der Waals surface area (Å²) in [6.07, 6.45) is 1.08. The summed E-state index contributed by atoms with van der Waals surface area (Å²) in [6, 6.07) is 22.0. The van der Waals surface area contributed by atoms with Crippen molar-refractivity contribution in [1.29, 1.82) is 0 Å². The van der Waals surface area contributed by atoms with E-state index in [1.54, 1.807) is 0 Å². The standard InChI is InChI=1S/C19H21N/c1-15-14-19(16(2)20(15)3,17-10-6-4-7-11-17)18-12-8-5-9-13-18/h4-13,15H,2,14H2,1,3H3/t15-/m1/s1. The van der Waals surface area contributed by atoms with Crippen LogP contribution >= 0.6 is 0 Å². The van der Waals surface area contributed by atoms with Gasteiger partial charge in [-0.05, 0) is 24.5 Å². The van der Waals surface area contributed by atoms with Gasteiger partial charge in [-0.3, -0.25) is 0 Å². The van der Waals surface area contributed by atoms with E-state index >= 15 is 0 Å². The fourth-order valence-corrected chi connectivity index (χ4v) is 3.45. The molecule has 1 saturated heterocycles.